The Bertz CT molecular complexity index is 1190. The van der Waals surface area contributed by atoms with Gasteiger partial charge in [-0.05, 0) is 125 Å². The minimum absolute atomic E-state index is 0.0500. The summed E-state index contributed by atoms with van der Waals surface area (Å²) < 4.78 is 11.7. The van der Waals surface area contributed by atoms with Crippen molar-refractivity contribution in [2.45, 2.75) is 126 Å². The second kappa shape index (κ2) is 10.7. The quantitative estimate of drug-likeness (QED) is 0.235. The van der Waals surface area contributed by atoms with E-state index in [1.807, 2.05) is 14.1 Å². The Hall–Kier alpha value is -1.69. The number of nitrogens with zero attached hydrogens (tertiary/aromatic N) is 1. The molecule has 5 aliphatic rings. The monoisotopic (exact) mass is 597 g/mol. The molecule has 0 aromatic heterocycles. The highest BCUT2D eigenvalue weighted by atomic mass is 16.5. The van der Waals surface area contributed by atoms with Crippen molar-refractivity contribution in [3.8, 4) is 0 Å². The molecular weight excluding hydrogens is 538 g/mol. The molecule has 0 amide bonds. The predicted octanol–water partition coefficient (Wildman–Crippen LogP) is 7.39. The maximum absolute atomic E-state index is 14.6. The smallest absolute Gasteiger partial charge is 0.311 e. The fourth-order valence-electron chi connectivity index (χ4n) is 11.5. The Morgan fingerprint density at radius 1 is 0.930 bits per heavy atom. The maximum atomic E-state index is 14.6. The Morgan fingerprint density at radius 3 is 2.26 bits per heavy atom. The molecule has 0 bridgehead atoms. The molecule has 0 spiro atoms. The fraction of sp³-hybridized carbons (Fsp3) is 0.865. The number of carbonyl (C=O) groups is 3. The summed E-state index contributed by atoms with van der Waals surface area (Å²) in [5, 5.41) is 0. The fourth-order valence-corrected chi connectivity index (χ4v) is 11.5. The third kappa shape index (κ3) is 4.95. The molecule has 0 aliphatic heterocycles. The van der Waals surface area contributed by atoms with E-state index in [1.165, 1.54) is 12.5 Å². The van der Waals surface area contributed by atoms with Gasteiger partial charge in [0.2, 0.25) is 0 Å². The minimum atomic E-state index is -0.523. The molecule has 4 fully saturated rings. The van der Waals surface area contributed by atoms with Crippen LogP contribution in [0.3, 0.4) is 0 Å². The zero-order chi connectivity index (χ0) is 31.8. The molecule has 242 valence electrons. The Labute approximate surface area is 261 Å². The molecule has 9 atom stereocenters. The van der Waals surface area contributed by atoms with Crippen LogP contribution >= 0.6 is 0 Å². The summed E-state index contributed by atoms with van der Waals surface area (Å²) >= 11 is 0. The van der Waals surface area contributed by atoms with Crippen molar-refractivity contribution in [2.75, 3.05) is 27.2 Å². The van der Waals surface area contributed by atoms with Crippen molar-refractivity contribution in [1.29, 1.82) is 0 Å². The van der Waals surface area contributed by atoms with E-state index >= 15 is 0 Å². The predicted molar refractivity (Wildman–Crippen MR) is 169 cm³/mol. The number of hydrogen-bond donors (Lipinski definition) is 0. The van der Waals surface area contributed by atoms with Crippen LogP contribution in [0, 0.1) is 50.2 Å². The summed E-state index contributed by atoms with van der Waals surface area (Å²) in [4.78, 5) is 42.2. The van der Waals surface area contributed by atoms with Gasteiger partial charge in [0.05, 0.1) is 12.0 Å². The molecule has 4 saturated carbocycles. The van der Waals surface area contributed by atoms with Crippen molar-refractivity contribution < 1.29 is 23.9 Å². The molecule has 0 aromatic carbocycles. The van der Waals surface area contributed by atoms with E-state index < -0.39 is 5.41 Å². The second-order valence-electron chi connectivity index (χ2n) is 17.5. The van der Waals surface area contributed by atoms with Gasteiger partial charge >= 0.3 is 11.9 Å². The second-order valence-corrected chi connectivity index (χ2v) is 17.5. The minimum Gasteiger partial charge on any atom is -0.465 e. The molecule has 43 heavy (non-hydrogen) atoms. The lowest BCUT2D eigenvalue weighted by Crippen LogP contribution is -2.66. The van der Waals surface area contributed by atoms with Crippen LogP contribution in [-0.4, -0.2) is 56.0 Å². The SMILES string of the molecule is CC(=O)OC1CCC2(C)C(CCC3(C)C2C(=O)C=C2C4CC(C)(C(=O)OCCCN(C)C)CCC4(C)CCC23C)C1(C)C. The van der Waals surface area contributed by atoms with Crippen LogP contribution < -0.4 is 0 Å². The van der Waals surface area contributed by atoms with E-state index in [9.17, 15) is 14.4 Å². The molecule has 6 heteroatoms. The average Bonchev–Trinajstić information content (AvgIpc) is 2.90. The number of ketones is 1. The maximum Gasteiger partial charge on any atom is 0.311 e. The third-order valence-electron chi connectivity index (χ3n) is 14.3. The molecule has 0 heterocycles. The van der Waals surface area contributed by atoms with Crippen molar-refractivity contribution in [1.82, 2.24) is 4.90 Å². The Kier molecular flexibility index (Phi) is 8.13. The number of hydrogen-bond acceptors (Lipinski definition) is 6. The van der Waals surface area contributed by atoms with Crippen LogP contribution in [0.5, 0.6) is 0 Å². The molecule has 0 saturated heterocycles. The van der Waals surface area contributed by atoms with Crippen LogP contribution in [0.4, 0.5) is 0 Å². The van der Waals surface area contributed by atoms with Crippen molar-refractivity contribution in [3.63, 3.8) is 0 Å². The van der Waals surface area contributed by atoms with Gasteiger partial charge in [-0.15, -0.1) is 0 Å². The summed E-state index contributed by atoms with van der Waals surface area (Å²) in [6.07, 6.45) is 11.4. The first-order valence-corrected chi connectivity index (χ1v) is 17.1. The molecule has 0 N–H and O–H groups in total. The van der Waals surface area contributed by atoms with E-state index in [0.29, 0.717) is 18.3 Å². The highest BCUT2D eigenvalue weighted by Crippen LogP contribution is 2.75. The zero-order valence-corrected chi connectivity index (χ0v) is 28.9. The van der Waals surface area contributed by atoms with Gasteiger partial charge < -0.3 is 14.4 Å². The van der Waals surface area contributed by atoms with E-state index in [2.05, 4.69) is 59.4 Å². The first-order chi connectivity index (χ1) is 19.8. The molecule has 0 aromatic rings. The van der Waals surface area contributed by atoms with Gasteiger partial charge in [-0.2, -0.15) is 0 Å². The number of esters is 2. The lowest BCUT2D eigenvalue weighted by atomic mass is 9.33. The molecule has 5 rings (SSSR count). The van der Waals surface area contributed by atoms with Crippen molar-refractivity contribution >= 4 is 17.7 Å². The first-order valence-electron chi connectivity index (χ1n) is 17.1. The summed E-state index contributed by atoms with van der Waals surface area (Å²) in [6.45, 7) is 19.2. The van der Waals surface area contributed by atoms with Gasteiger partial charge in [-0.1, -0.05) is 47.1 Å². The highest BCUT2D eigenvalue weighted by Gasteiger charge is 2.70. The molecule has 6 nitrogen and oxygen atoms in total. The van der Waals surface area contributed by atoms with Gasteiger partial charge in [0, 0.05) is 24.8 Å². The summed E-state index contributed by atoms with van der Waals surface area (Å²) in [6, 6.07) is 0. The normalized spacial score (nSPS) is 45.2. The largest absolute Gasteiger partial charge is 0.465 e. The van der Waals surface area contributed by atoms with Crippen LogP contribution in [0.25, 0.3) is 0 Å². The van der Waals surface area contributed by atoms with Crippen LogP contribution in [0.2, 0.25) is 0 Å². The number of carbonyl (C=O) groups excluding carboxylic acids is 3. The molecule has 0 radical (unpaired) electrons. The van der Waals surface area contributed by atoms with Crippen molar-refractivity contribution in [2.24, 2.45) is 50.2 Å². The topological polar surface area (TPSA) is 72.9 Å². The summed E-state index contributed by atoms with van der Waals surface area (Å²) in [5.74, 6) is 0.499. The average molecular weight is 598 g/mol. The van der Waals surface area contributed by atoms with Crippen LogP contribution in [-0.2, 0) is 23.9 Å². The van der Waals surface area contributed by atoms with E-state index in [4.69, 9.17) is 9.47 Å². The lowest BCUT2D eigenvalue weighted by Gasteiger charge is -2.70. The number of allylic oxidation sites excluding steroid dienone is 2. The van der Waals surface area contributed by atoms with Gasteiger partial charge in [0.1, 0.15) is 6.10 Å². The number of fused-ring (bicyclic) bond motifs is 7. The standard InChI is InChI=1S/C37H59NO5/c1-24(39)43-29-13-14-35(6)28(32(29,2)3)12-15-37(8)30(35)27(40)22-25-26-23-34(5,31(41)42-21-11-20-38(9)10)17-16-33(26,4)18-19-36(25,37)7/h22,26,28-30H,11-21,23H2,1-10H3. The van der Waals surface area contributed by atoms with E-state index in [-0.39, 0.29) is 57.0 Å². The summed E-state index contributed by atoms with van der Waals surface area (Å²) in [5.41, 5.74) is 0.337. The Morgan fingerprint density at radius 2 is 1.60 bits per heavy atom. The van der Waals surface area contributed by atoms with E-state index in [0.717, 1.165) is 70.8 Å². The number of rotatable bonds is 6. The number of ether oxygens (including phenoxy) is 2. The third-order valence-corrected chi connectivity index (χ3v) is 14.3. The first kappa shape index (κ1) is 32.7. The molecule has 5 aliphatic carbocycles. The summed E-state index contributed by atoms with van der Waals surface area (Å²) in [7, 11) is 4.08. The highest BCUT2D eigenvalue weighted by molar-refractivity contribution is 5.95. The van der Waals surface area contributed by atoms with Gasteiger partial charge in [-0.3, -0.25) is 14.4 Å². The lowest BCUT2D eigenvalue weighted by molar-refractivity contribution is -0.210. The van der Waals surface area contributed by atoms with E-state index in [1.54, 1.807) is 0 Å². The molecule has 9 unspecified atom stereocenters. The van der Waals surface area contributed by atoms with Crippen molar-refractivity contribution in [3.05, 3.63) is 11.6 Å². The van der Waals surface area contributed by atoms with Gasteiger partial charge in [0.15, 0.2) is 5.78 Å². The Balaban J connectivity index is 1.46. The van der Waals surface area contributed by atoms with Crippen LogP contribution in [0.1, 0.15) is 120 Å². The zero-order valence-electron chi connectivity index (χ0n) is 28.9. The van der Waals surface area contributed by atoms with Gasteiger partial charge in [0.25, 0.3) is 0 Å². The molecular formula is C37H59NO5. The van der Waals surface area contributed by atoms with Crippen LogP contribution in [0.15, 0.2) is 11.6 Å². The van der Waals surface area contributed by atoms with Gasteiger partial charge in [-0.25, -0.2) is 0 Å².